The number of hydrogen-bond donors (Lipinski definition) is 2. The molecule has 2 heterocycles. The Bertz CT molecular complexity index is 824. The van der Waals surface area contributed by atoms with Gasteiger partial charge in [0.2, 0.25) is 0 Å². The summed E-state index contributed by atoms with van der Waals surface area (Å²) in [5, 5.41) is 7.40. The van der Waals surface area contributed by atoms with Crippen LogP contribution in [0.1, 0.15) is 25.2 Å². The van der Waals surface area contributed by atoms with Crippen molar-refractivity contribution in [1.82, 2.24) is 15.5 Å². The number of hydrogen-bond acceptors (Lipinski definition) is 4. The number of fused-ring (bicyclic) bond motifs is 1. The molecular weight excluding hydrogens is 486 g/mol. The normalized spacial score (nSPS) is 18.1. The van der Waals surface area contributed by atoms with Crippen LogP contribution in [0.5, 0.6) is 0 Å². The quantitative estimate of drug-likeness (QED) is 0.348. The van der Waals surface area contributed by atoms with Crippen LogP contribution >= 0.6 is 24.0 Å². The highest BCUT2D eigenvalue weighted by Gasteiger charge is 2.21. The van der Waals surface area contributed by atoms with Gasteiger partial charge in [-0.1, -0.05) is 13.8 Å². The molecule has 2 N–H and O–H groups in total. The van der Waals surface area contributed by atoms with Gasteiger partial charge in [0, 0.05) is 44.2 Å². The van der Waals surface area contributed by atoms with Crippen LogP contribution in [0.4, 0.5) is 4.39 Å². The fourth-order valence-corrected chi connectivity index (χ4v) is 3.59. The van der Waals surface area contributed by atoms with E-state index in [0.717, 1.165) is 43.0 Å². The van der Waals surface area contributed by atoms with E-state index in [0.29, 0.717) is 30.5 Å². The monoisotopic (exact) mass is 518 g/mol. The van der Waals surface area contributed by atoms with Gasteiger partial charge in [-0.3, -0.25) is 9.89 Å². The molecule has 1 aliphatic heterocycles. The van der Waals surface area contributed by atoms with Crippen LogP contribution in [-0.4, -0.2) is 56.8 Å². The molecule has 2 aromatic rings. The van der Waals surface area contributed by atoms with Gasteiger partial charge in [0.15, 0.2) is 5.96 Å². The zero-order valence-corrected chi connectivity index (χ0v) is 20.0. The molecule has 8 heteroatoms. The number of furan rings is 1. The Balaban J connectivity index is 0.00000300. The lowest BCUT2D eigenvalue weighted by molar-refractivity contribution is -0.0284. The third-order valence-corrected chi connectivity index (χ3v) is 4.98. The van der Waals surface area contributed by atoms with Crippen LogP contribution in [0, 0.1) is 18.7 Å². The molecule has 29 heavy (non-hydrogen) atoms. The molecule has 1 fully saturated rings. The highest BCUT2D eigenvalue weighted by Crippen LogP contribution is 2.25. The molecule has 0 saturated carbocycles. The molecule has 6 nitrogen and oxygen atoms in total. The second-order valence-electron chi connectivity index (χ2n) is 7.74. The van der Waals surface area contributed by atoms with E-state index in [9.17, 15) is 4.39 Å². The van der Waals surface area contributed by atoms with Gasteiger partial charge in [0.25, 0.3) is 0 Å². The van der Waals surface area contributed by atoms with Crippen molar-refractivity contribution in [3.63, 3.8) is 0 Å². The third kappa shape index (κ3) is 6.55. The molecule has 0 radical (unpaired) electrons. The zero-order chi connectivity index (χ0) is 20.1. The van der Waals surface area contributed by atoms with Crippen molar-refractivity contribution in [1.29, 1.82) is 0 Å². The first-order chi connectivity index (χ1) is 13.5. The molecule has 1 aliphatic rings. The van der Waals surface area contributed by atoms with E-state index in [4.69, 9.17) is 9.15 Å². The summed E-state index contributed by atoms with van der Waals surface area (Å²) in [6, 6.07) is 4.58. The van der Waals surface area contributed by atoms with E-state index in [-0.39, 0.29) is 35.9 Å². The number of aliphatic imine (C=N–C) groups is 1. The Morgan fingerprint density at radius 1 is 1.34 bits per heavy atom. The fraction of sp³-hybridized carbons (Fsp3) is 0.571. The first-order valence-corrected chi connectivity index (χ1v) is 9.92. The standard InChI is InChI=1S/C21H31FN4O2.HI/c1-14(2)12-26-7-8-27-17(13-26)10-24-21(23-4)25-11-20-15(3)18-9-16(22)5-6-19(18)28-20;/h5-6,9,14,17H,7-8,10-13H2,1-4H3,(H2,23,24,25);1H. The van der Waals surface area contributed by atoms with E-state index in [1.165, 1.54) is 12.1 Å². The van der Waals surface area contributed by atoms with E-state index >= 15 is 0 Å². The number of ether oxygens (including phenoxy) is 1. The maximum Gasteiger partial charge on any atom is 0.191 e. The average molecular weight is 518 g/mol. The lowest BCUT2D eigenvalue weighted by atomic mass is 10.1. The molecule has 0 bridgehead atoms. The highest BCUT2D eigenvalue weighted by atomic mass is 127. The van der Waals surface area contributed by atoms with Gasteiger partial charge in [0.05, 0.1) is 19.3 Å². The lowest BCUT2D eigenvalue weighted by Gasteiger charge is -2.34. The van der Waals surface area contributed by atoms with Crippen LogP contribution in [0.3, 0.4) is 0 Å². The summed E-state index contributed by atoms with van der Waals surface area (Å²) in [7, 11) is 1.74. The number of nitrogens with one attached hydrogen (secondary N) is 2. The van der Waals surface area contributed by atoms with Crippen molar-refractivity contribution in [2.45, 2.75) is 33.4 Å². The lowest BCUT2D eigenvalue weighted by Crippen LogP contribution is -2.50. The van der Waals surface area contributed by atoms with Crippen LogP contribution in [-0.2, 0) is 11.3 Å². The van der Waals surface area contributed by atoms with Gasteiger partial charge in [-0.2, -0.15) is 0 Å². The summed E-state index contributed by atoms with van der Waals surface area (Å²) in [6.07, 6.45) is 0.141. The number of halogens is 2. The van der Waals surface area contributed by atoms with Gasteiger partial charge >= 0.3 is 0 Å². The van der Waals surface area contributed by atoms with Gasteiger partial charge in [-0.15, -0.1) is 24.0 Å². The molecule has 1 unspecified atom stereocenters. The molecule has 1 aromatic carbocycles. The van der Waals surface area contributed by atoms with Gasteiger partial charge < -0.3 is 19.8 Å². The zero-order valence-electron chi connectivity index (χ0n) is 17.6. The largest absolute Gasteiger partial charge is 0.459 e. The maximum absolute atomic E-state index is 13.5. The topological polar surface area (TPSA) is 62.0 Å². The Morgan fingerprint density at radius 3 is 2.86 bits per heavy atom. The van der Waals surface area contributed by atoms with Crippen molar-refractivity contribution in [2.24, 2.45) is 10.9 Å². The summed E-state index contributed by atoms with van der Waals surface area (Å²) >= 11 is 0. The van der Waals surface area contributed by atoms with Gasteiger partial charge in [-0.25, -0.2) is 4.39 Å². The van der Waals surface area contributed by atoms with Crippen LogP contribution in [0.25, 0.3) is 11.0 Å². The number of guanidine groups is 1. The maximum atomic E-state index is 13.5. The smallest absolute Gasteiger partial charge is 0.191 e. The fourth-order valence-electron chi connectivity index (χ4n) is 3.59. The van der Waals surface area contributed by atoms with Crippen LogP contribution in [0.15, 0.2) is 27.6 Å². The number of aryl methyl sites for hydroxylation is 1. The number of nitrogens with zero attached hydrogens (tertiary/aromatic N) is 2. The molecule has 0 spiro atoms. The van der Waals surface area contributed by atoms with E-state index < -0.39 is 0 Å². The van der Waals surface area contributed by atoms with Gasteiger partial charge in [-0.05, 0) is 31.0 Å². The van der Waals surface area contributed by atoms with Crippen molar-refractivity contribution >= 4 is 40.9 Å². The minimum absolute atomic E-state index is 0. The second-order valence-corrected chi connectivity index (χ2v) is 7.74. The number of morpholine rings is 1. The first kappa shape index (κ1) is 23.9. The Hall–Kier alpha value is -1.39. The van der Waals surface area contributed by atoms with Crippen molar-refractivity contribution in [3.8, 4) is 0 Å². The Labute approximate surface area is 189 Å². The molecule has 1 atom stereocenters. The van der Waals surface area contributed by atoms with Crippen LogP contribution < -0.4 is 10.6 Å². The molecule has 162 valence electrons. The molecule has 0 aliphatic carbocycles. The summed E-state index contributed by atoms with van der Waals surface area (Å²) in [5.41, 5.74) is 1.64. The average Bonchev–Trinajstić information content (AvgIpc) is 2.97. The van der Waals surface area contributed by atoms with E-state index in [2.05, 4.69) is 34.4 Å². The molecule has 1 aromatic heterocycles. The summed E-state index contributed by atoms with van der Waals surface area (Å²) in [6.45, 7) is 11.4. The van der Waals surface area contributed by atoms with E-state index in [1.54, 1.807) is 13.1 Å². The third-order valence-electron chi connectivity index (χ3n) is 4.98. The van der Waals surface area contributed by atoms with Crippen LogP contribution in [0.2, 0.25) is 0 Å². The minimum atomic E-state index is -0.257. The Morgan fingerprint density at radius 2 is 2.14 bits per heavy atom. The predicted molar refractivity (Wildman–Crippen MR) is 126 cm³/mol. The SMILES string of the molecule is CN=C(NCc1oc2ccc(F)cc2c1C)NCC1CN(CC(C)C)CCO1.I. The minimum Gasteiger partial charge on any atom is -0.459 e. The Kier molecular flexibility index (Phi) is 9.16. The molecule has 0 amide bonds. The predicted octanol–water partition coefficient (Wildman–Crippen LogP) is 3.52. The highest BCUT2D eigenvalue weighted by molar-refractivity contribution is 14.0. The first-order valence-electron chi connectivity index (χ1n) is 9.92. The van der Waals surface area contributed by atoms with E-state index in [1.807, 2.05) is 6.92 Å². The second kappa shape index (κ2) is 11.1. The van der Waals surface area contributed by atoms with Crippen molar-refractivity contribution in [2.75, 3.05) is 39.8 Å². The van der Waals surface area contributed by atoms with Crippen molar-refractivity contribution < 1.29 is 13.5 Å². The van der Waals surface area contributed by atoms with Crippen molar-refractivity contribution in [3.05, 3.63) is 35.3 Å². The number of rotatable bonds is 6. The number of benzene rings is 1. The van der Waals surface area contributed by atoms with Gasteiger partial charge in [0.1, 0.15) is 17.2 Å². The molecule has 1 saturated heterocycles. The molecular formula is C21H32FIN4O2. The summed E-state index contributed by atoms with van der Waals surface area (Å²) < 4.78 is 25.2. The molecule has 3 rings (SSSR count). The summed E-state index contributed by atoms with van der Waals surface area (Å²) in [5.74, 6) is 1.87. The summed E-state index contributed by atoms with van der Waals surface area (Å²) in [4.78, 5) is 6.73.